The van der Waals surface area contributed by atoms with Gasteiger partial charge in [0.1, 0.15) is 5.25 Å². The van der Waals surface area contributed by atoms with Crippen LogP contribution < -0.4 is 14.8 Å². The first kappa shape index (κ1) is 20.6. The topological polar surface area (TPSA) is 73.9 Å². The van der Waals surface area contributed by atoms with Crippen molar-refractivity contribution in [3.63, 3.8) is 0 Å². The largest absolute Gasteiger partial charge is 0.493 e. The van der Waals surface area contributed by atoms with Gasteiger partial charge in [0.15, 0.2) is 17.6 Å². The number of hydrogen-bond donors (Lipinski definition) is 1. The van der Waals surface area contributed by atoms with Crippen LogP contribution in [-0.4, -0.2) is 37.4 Å². The SMILES string of the molecule is COc1ccc(NC(=O)[C@H](C)OC(=O)[C@H](C)Sc2ccccc2)cc1OC. The fourth-order valence-electron chi connectivity index (χ4n) is 2.23. The minimum atomic E-state index is -0.926. The molecule has 0 heterocycles. The molecule has 0 aliphatic carbocycles. The third-order valence-electron chi connectivity index (χ3n) is 3.70. The van der Waals surface area contributed by atoms with Gasteiger partial charge in [0.25, 0.3) is 5.91 Å². The van der Waals surface area contributed by atoms with E-state index in [0.717, 1.165) is 4.90 Å². The quantitative estimate of drug-likeness (QED) is 0.547. The summed E-state index contributed by atoms with van der Waals surface area (Å²) in [6.45, 7) is 3.28. The van der Waals surface area contributed by atoms with E-state index >= 15 is 0 Å². The molecule has 0 fully saturated rings. The van der Waals surface area contributed by atoms with Crippen molar-refractivity contribution >= 4 is 29.3 Å². The monoisotopic (exact) mass is 389 g/mol. The first-order valence-corrected chi connectivity index (χ1v) is 9.27. The minimum Gasteiger partial charge on any atom is -0.493 e. The van der Waals surface area contributed by atoms with E-state index in [1.807, 2.05) is 30.3 Å². The zero-order valence-electron chi connectivity index (χ0n) is 15.7. The van der Waals surface area contributed by atoms with E-state index in [-0.39, 0.29) is 0 Å². The van der Waals surface area contributed by atoms with E-state index < -0.39 is 23.2 Å². The minimum absolute atomic E-state index is 0.424. The highest BCUT2D eigenvalue weighted by molar-refractivity contribution is 8.00. The third kappa shape index (κ3) is 5.92. The van der Waals surface area contributed by atoms with Gasteiger partial charge >= 0.3 is 5.97 Å². The highest BCUT2D eigenvalue weighted by atomic mass is 32.2. The van der Waals surface area contributed by atoms with E-state index in [1.54, 1.807) is 25.1 Å². The average Bonchev–Trinajstić information content (AvgIpc) is 2.68. The molecule has 0 radical (unpaired) electrons. The van der Waals surface area contributed by atoms with Gasteiger partial charge in [-0.05, 0) is 38.1 Å². The second-order valence-corrected chi connectivity index (χ2v) is 7.13. The Morgan fingerprint density at radius 2 is 1.63 bits per heavy atom. The van der Waals surface area contributed by atoms with Crippen molar-refractivity contribution in [1.82, 2.24) is 0 Å². The molecule has 2 rings (SSSR count). The number of hydrogen-bond acceptors (Lipinski definition) is 6. The highest BCUT2D eigenvalue weighted by Gasteiger charge is 2.23. The van der Waals surface area contributed by atoms with Gasteiger partial charge in [0, 0.05) is 16.6 Å². The lowest BCUT2D eigenvalue weighted by Gasteiger charge is -2.17. The van der Waals surface area contributed by atoms with Crippen LogP contribution in [0.15, 0.2) is 53.4 Å². The van der Waals surface area contributed by atoms with Gasteiger partial charge in [-0.25, -0.2) is 0 Å². The number of ether oxygens (including phenoxy) is 3. The predicted molar refractivity (Wildman–Crippen MR) is 105 cm³/mol. The third-order valence-corrected chi connectivity index (χ3v) is 4.79. The fourth-order valence-corrected chi connectivity index (χ4v) is 3.11. The van der Waals surface area contributed by atoms with Crippen molar-refractivity contribution in [3.8, 4) is 11.5 Å². The van der Waals surface area contributed by atoms with Gasteiger partial charge in [0.2, 0.25) is 0 Å². The molecule has 0 saturated carbocycles. The van der Waals surface area contributed by atoms with Crippen molar-refractivity contribution in [1.29, 1.82) is 0 Å². The van der Waals surface area contributed by atoms with Gasteiger partial charge in [-0.2, -0.15) is 0 Å². The van der Waals surface area contributed by atoms with Gasteiger partial charge in [0.05, 0.1) is 14.2 Å². The van der Waals surface area contributed by atoms with Crippen LogP contribution in [-0.2, 0) is 14.3 Å². The molecule has 0 unspecified atom stereocenters. The molecule has 0 bridgehead atoms. The summed E-state index contributed by atoms with van der Waals surface area (Å²) in [6, 6.07) is 14.6. The second kappa shape index (κ2) is 9.87. The maximum Gasteiger partial charge on any atom is 0.319 e. The van der Waals surface area contributed by atoms with Crippen molar-refractivity contribution < 1.29 is 23.8 Å². The Morgan fingerprint density at radius 3 is 2.26 bits per heavy atom. The van der Waals surface area contributed by atoms with Crippen LogP contribution in [0.2, 0.25) is 0 Å². The molecule has 2 aromatic carbocycles. The van der Waals surface area contributed by atoms with E-state index in [1.165, 1.54) is 32.9 Å². The summed E-state index contributed by atoms with van der Waals surface area (Å²) in [5.41, 5.74) is 0.521. The molecule has 0 aliphatic heterocycles. The summed E-state index contributed by atoms with van der Waals surface area (Å²) >= 11 is 1.38. The standard InChI is InChI=1S/C20H23NO5S/c1-13(26-20(23)14(2)27-16-8-6-5-7-9-16)19(22)21-15-10-11-17(24-3)18(12-15)25-4/h5-14H,1-4H3,(H,21,22)/t13-,14-/m0/s1. The fraction of sp³-hybridized carbons (Fsp3) is 0.300. The molecule has 0 aromatic heterocycles. The molecule has 0 spiro atoms. The van der Waals surface area contributed by atoms with Gasteiger partial charge in [-0.3, -0.25) is 9.59 Å². The number of methoxy groups -OCH3 is 2. The van der Waals surface area contributed by atoms with Crippen molar-refractivity contribution in [2.75, 3.05) is 19.5 Å². The zero-order valence-corrected chi connectivity index (χ0v) is 16.5. The summed E-state index contributed by atoms with van der Waals surface area (Å²) in [4.78, 5) is 25.5. The molecule has 1 amide bonds. The lowest BCUT2D eigenvalue weighted by atomic mass is 10.2. The number of amides is 1. The molecule has 144 valence electrons. The smallest absolute Gasteiger partial charge is 0.319 e. The number of carbonyl (C=O) groups excluding carboxylic acids is 2. The summed E-state index contributed by atoms with van der Waals surface area (Å²) < 4.78 is 15.7. The van der Waals surface area contributed by atoms with Crippen molar-refractivity contribution in [3.05, 3.63) is 48.5 Å². The Bertz CT molecular complexity index is 781. The van der Waals surface area contributed by atoms with Crippen LogP contribution >= 0.6 is 11.8 Å². The molecule has 2 aromatic rings. The molecule has 0 saturated heterocycles. The maximum absolute atomic E-state index is 12.3. The average molecular weight is 389 g/mol. The Labute approximate surface area is 163 Å². The number of nitrogens with one attached hydrogen (secondary N) is 1. The van der Waals surface area contributed by atoms with E-state index in [9.17, 15) is 9.59 Å². The summed E-state index contributed by atoms with van der Waals surface area (Å²) in [5.74, 6) is 0.181. The number of rotatable bonds is 8. The van der Waals surface area contributed by atoms with E-state index in [0.29, 0.717) is 17.2 Å². The zero-order chi connectivity index (χ0) is 19.8. The van der Waals surface area contributed by atoms with Gasteiger partial charge < -0.3 is 19.5 Å². The number of esters is 1. The first-order chi connectivity index (χ1) is 12.9. The van der Waals surface area contributed by atoms with Crippen LogP contribution in [0.4, 0.5) is 5.69 Å². The second-order valence-electron chi connectivity index (χ2n) is 5.71. The van der Waals surface area contributed by atoms with Crippen LogP contribution in [0.1, 0.15) is 13.8 Å². The number of carbonyl (C=O) groups is 2. The van der Waals surface area contributed by atoms with Crippen LogP contribution in [0, 0.1) is 0 Å². The van der Waals surface area contributed by atoms with E-state index in [4.69, 9.17) is 14.2 Å². The van der Waals surface area contributed by atoms with E-state index in [2.05, 4.69) is 5.32 Å². The Morgan fingerprint density at radius 1 is 0.963 bits per heavy atom. The van der Waals surface area contributed by atoms with Crippen molar-refractivity contribution in [2.24, 2.45) is 0 Å². The maximum atomic E-state index is 12.3. The lowest BCUT2D eigenvalue weighted by molar-refractivity contribution is -0.152. The van der Waals surface area contributed by atoms with Gasteiger partial charge in [-0.15, -0.1) is 11.8 Å². The molecule has 27 heavy (non-hydrogen) atoms. The summed E-state index contributed by atoms with van der Waals surface area (Å²) in [7, 11) is 3.05. The first-order valence-electron chi connectivity index (χ1n) is 8.39. The molecule has 0 aliphatic rings. The molecule has 7 heteroatoms. The molecule has 2 atom stereocenters. The molecular formula is C20H23NO5S. The van der Waals surface area contributed by atoms with Gasteiger partial charge in [-0.1, -0.05) is 18.2 Å². The van der Waals surface area contributed by atoms with Crippen LogP contribution in [0.25, 0.3) is 0 Å². The van der Waals surface area contributed by atoms with Crippen LogP contribution in [0.5, 0.6) is 11.5 Å². The highest BCUT2D eigenvalue weighted by Crippen LogP contribution is 2.30. The molecule has 6 nitrogen and oxygen atoms in total. The molecule has 1 N–H and O–H groups in total. The lowest BCUT2D eigenvalue weighted by Crippen LogP contribution is -2.32. The van der Waals surface area contributed by atoms with Crippen molar-refractivity contribution in [2.45, 2.75) is 30.1 Å². The summed E-state index contributed by atoms with van der Waals surface area (Å²) in [5, 5.41) is 2.28. The normalized spacial score (nSPS) is 12.6. The Kier molecular flexibility index (Phi) is 7.55. The number of thioether (sulfide) groups is 1. The number of benzene rings is 2. The number of anilines is 1. The predicted octanol–water partition coefficient (Wildman–Crippen LogP) is 3.75. The Hall–Kier alpha value is -2.67. The van der Waals surface area contributed by atoms with Crippen LogP contribution in [0.3, 0.4) is 0 Å². The molecular weight excluding hydrogens is 366 g/mol. The Balaban J connectivity index is 1.92. The summed E-state index contributed by atoms with van der Waals surface area (Å²) in [6.07, 6.45) is -0.926.